The molecule has 0 aromatic heterocycles. The van der Waals surface area contributed by atoms with Gasteiger partial charge in [-0.3, -0.25) is 4.99 Å². The third-order valence-corrected chi connectivity index (χ3v) is 4.42. The van der Waals surface area contributed by atoms with E-state index < -0.39 is 6.61 Å². The van der Waals surface area contributed by atoms with Crippen molar-refractivity contribution in [3.8, 4) is 11.5 Å². The zero-order valence-corrected chi connectivity index (χ0v) is 17.2. The number of rotatable bonds is 9. The molecule has 2 rings (SSSR count). The SMILES string of the molecule is CN=C(NCc1ccccc1OC(F)F)NCC(c1cccc(OC)c1)N(C)C. The molecule has 0 saturated carbocycles. The van der Waals surface area contributed by atoms with Crippen LogP contribution in [0, 0.1) is 0 Å². The first-order valence-electron chi connectivity index (χ1n) is 9.22. The number of para-hydroxylation sites is 1. The number of likely N-dealkylation sites (N-methyl/N-ethyl adjacent to an activating group) is 1. The number of nitrogens with one attached hydrogen (secondary N) is 2. The summed E-state index contributed by atoms with van der Waals surface area (Å²) in [6.07, 6.45) is 0. The van der Waals surface area contributed by atoms with E-state index in [9.17, 15) is 8.78 Å². The highest BCUT2D eigenvalue weighted by molar-refractivity contribution is 5.79. The van der Waals surface area contributed by atoms with E-state index in [4.69, 9.17) is 4.74 Å². The molecule has 0 amide bonds. The average molecular weight is 406 g/mol. The Labute approximate surface area is 170 Å². The third-order valence-electron chi connectivity index (χ3n) is 4.42. The van der Waals surface area contributed by atoms with Gasteiger partial charge in [0.1, 0.15) is 11.5 Å². The predicted octanol–water partition coefficient (Wildman–Crippen LogP) is 3.26. The van der Waals surface area contributed by atoms with E-state index >= 15 is 0 Å². The molecule has 1 atom stereocenters. The molecule has 0 fully saturated rings. The Balaban J connectivity index is 2.00. The molecule has 0 aliphatic rings. The third kappa shape index (κ3) is 6.90. The van der Waals surface area contributed by atoms with Crippen LogP contribution in [0.5, 0.6) is 11.5 Å². The van der Waals surface area contributed by atoms with E-state index in [-0.39, 0.29) is 11.8 Å². The van der Waals surface area contributed by atoms with E-state index in [1.165, 1.54) is 6.07 Å². The minimum atomic E-state index is -2.86. The largest absolute Gasteiger partial charge is 0.497 e. The molecule has 0 spiro atoms. The summed E-state index contributed by atoms with van der Waals surface area (Å²) in [4.78, 5) is 6.31. The van der Waals surface area contributed by atoms with Crippen molar-refractivity contribution in [3.05, 3.63) is 59.7 Å². The second-order valence-electron chi connectivity index (χ2n) is 6.55. The molecule has 29 heavy (non-hydrogen) atoms. The Morgan fingerprint density at radius 3 is 2.52 bits per heavy atom. The molecule has 0 bridgehead atoms. The zero-order valence-electron chi connectivity index (χ0n) is 17.2. The predicted molar refractivity (Wildman–Crippen MR) is 111 cm³/mol. The number of alkyl halides is 2. The number of methoxy groups -OCH3 is 1. The summed E-state index contributed by atoms with van der Waals surface area (Å²) in [5.41, 5.74) is 1.72. The van der Waals surface area contributed by atoms with Crippen molar-refractivity contribution in [1.29, 1.82) is 0 Å². The van der Waals surface area contributed by atoms with Gasteiger partial charge >= 0.3 is 6.61 Å². The second-order valence-corrected chi connectivity index (χ2v) is 6.55. The van der Waals surface area contributed by atoms with Crippen molar-refractivity contribution in [2.45, 2.75) is 19.2 Å². The zero-order chi connectivity index (χ0) is 21.2. The van der Waals surface area contributed by atoms with Crippen molar-refractivity contribution < 1.29 is 18.3 Å². The molecule has 0 saturated heterocycles. The monoisotopic (exact) mass is 406 g/mol. The number of hydrogen-bond acceptors (Lipinski definition) is 4. The first-order valence-corrected chi connectivity index (χ1v) is 9.22. The molecule has 2 aromatic rings. The van der Waals surface area contributed by atoms with Gasteiger partial charge in [0.25, 0.3) is 0 Å². The van der Waals surface area contributed by atoms with E-state index in [0.29, 0.717) is 24.6 Å². The molecule has 0 aliphatic heterocycles. The fourth-order valence-electron chi connectivity index (χ4n) is 2.90. The van der Waals surface area contributed by atoms with E-state index in [1.807, 2.05) is 38.4 Å². The van der Waals surface area contributed by atoms with Crippen molar-refractivity contribution in [2.24, 2.45) is 4.99 Å². The van der Waals surface area contributed by atoms with Crippen LogP contribution in [-0.4, -0.2) is 52.3 Å². The summed E-state index contributed by atoms with van der Waals surface area (Å²) in [7, 11) is 7.30. The number of ether oxygens (including phenoxy) is 2. The topological polar surface area (TPSA) is 58.1 Å². The normalized spacial score (nSPS) is 12.8. The minimum Gasteiger partial charge on any atom is -0.497 e. The summed E-state index contributed by atoms with van der Waals surface area (Å²) in [5, 5.41) is 6.42. The van der Waals surface area contributed by atoms with E-state index in [2.05, 4.69) is 25.3 Å². The lowest BCUT2D eigenvalue weighted by atomic mass is 10.1. The Morgan fingerprint density at radius 2 is 1.86 bits per heavy atom. The van der Waals surface area contributed by atoms with Crippen molar-refractivity contribution in [1.82, 2.24) is 15.5 Å². The van der Waals surface area contributed by atoms with Gasteiger partial charge in [0.2, 0.25) is 0 Å². The standard InChI is InChI=1S/C21H28F2N4O2/c1-24-21(25-13-16-8-5-6-11-19(16)29-20(22)23)26-14-18(27(2)3)15-9-7-10-17(12-15)28-4/h5-12,18,20H,13-14H2,1-4H3,(H2,24,25,26). The van der Waals surface area contributed by atoms with Gasteiger partial charge in [-0.25, -0.2) is 0 Å². The Morgan fingerprint density at radius 1 is 1.10 bits per heavy atom. The molecule has 8 heteroatoms. The van der Waals surface area contributed by atoms with Crippen molar-refractivity contribution in [3.63, 3.8) is 0 Å². The van der Waals surface area contributed by atoms with Gasteiger partial charge in [-0.05, 0) is 37.9 Å². The summed E-state index contributed by atoms with van der Waals surface area (Å²) in [6, 6.07) is 14.7. The summed E-state index contributed by atoms with van der Waals surface area (Å²) in [6.45, 7) is -1.97. The highest BCUT2D eigenvalue weighted by Gasteiger charge is 2.16. The maximum atomic E-state index is 12.6. The van der Waals surface area contributed by atoms with Crippen LogP contribution in [0.2, 0.25) is 0 Å². The quantitative estimate of drug-likeness (QED) is 0.495. The number of aliphatic imine (C=N–C) groups is 1. The van der Waals surface area contributed by atoms with Crippen LogP contribution in [0.4, 0.5) is 8.78 Å². The van der Waals surface area contributed by atoms with Crippen LogP contribution in [0.3, 0.4) is 0 Å². The maximum absolute atomic E-state index is 12.6. The molecule has 0 aliphatic carbocycles. The summed E-state index contributed by atoms with van der Waals surface area (Å²) in [5.74, 6) is 1.51. The lowest BCUT2D eigenvalue weighted by Crippen LogP contribution is -2.41. The van der Waals surface area contributed by atoms with E-state index in [0.717, 1.165) is 11.3 Å². The van der Waals surface area contributed by atoms with Crippen LogP contribution < -0.4 is 20.1 Å². The molecular formula is C21H28F2N4O2. The molecule has 0 heterocycles. The second kappa shape index (κ2) is 11.2. The van der Waals surface area contributed by atoms with Crippen LogP contribution in [0.25, 0.3) is 0 Å². The first kappa shape index (κ1) is 22.4. The highest BCUT2D eigenvalue weighted by Crippen LogP contribution is 2.22. The summed E-state index contributed by atoms with van der Waals surface area (Å²) < 4.78 is 35.0. The van der Waals surface area contributed by atoms with Gasteiger partial charge in [0, 0.05) is 25.7 Å². The lowest BCUT2D eigenvalue weighted by Gasteiger charge is -2.26. The Bertz CT molecular complexity index is 800. The van der Waals surface area contributed by atoms with E-state index in [1.54, 1.807) is 32.4 Å². The Kier molecular flexibility index (Phi) is 8.67. The summed E-state index contributed by atoms with van der Waals surface area (Å²) >= 11 is 0. The number of guanidine groups is 1. The lowest BCUT2D eigenvalue weighted by molar-refractivity contribution is -0.0504. The molecule has 6 nitrogen and oxygen atoms in total. The molecule has 0 radical (unpaired) electrons. The van der Waals surface area contributed by atoms with Crippen LogP contribution in [0.15, 0.2) is 53.5 Å². The van der Waals surface area contributed by atoms with Crippen molar-refractivity contribution >= 4 is 5.96 Å². The van der Waals surface area contributed by atoms with Gasteiger partial charge in [0.05, 0.1) is 13.2 Å². The van der Waals surface area contributed by atoms with Gasteiger partial charge in [0.15, 0.2) is 5.96 Å². The van der Waals surface area contributed by atoms with Gasteiger partial charge in [-0.15, -0.1) is 0 Å². The maximum Gasteiger partial charge on any atom is 0.387 e. The fraction of sp³-hybridized carbons (Fsp3) is 0.381. The number of hydrogen-bond donors (Lipinski definition) is 2. The van der Waals surface area contributed by atoms with Gasteiger partial charge in [-0.2, -0.15) is 8.78 Å². The van der Waals surface area contributed by atoms with Gasteiger partial charge in [-0.1, -0.05) is 30.3 Å². The first-order chi connectivity index (χ1) is 13.9. The van der Waals surface area contributed by atoms with Gasteiger partial charge < -0.3 is 25.0 Å². The highest BCUT2D eigenvalue weighted by atomic mass is 19.3. The Hall–Kier alpha value is -2.87. The minimum absolute atomic E-state index is 0.0816. The molecule has 1 unspecified atom stereocenters. The fourth-order valence-corrected chi connectivity index (χ4v) is 2.90. The number of nitrogens with zero attached hydrogens (tertiary/aromatic N) is 2. The molecule has 2 N–H and O–H groups in total. The number of halogens is 2. The molecule has 158 valence electrons. The smallest absolute Gasteiger partial charge is 0.387 e. The van der Waals surface area contributed by atoms with Crippen LogP contribution >= 0.6 is 0 Å². The van der Waals surface area contributed by atoms with Crippen molar-refractivity contribution in [2.75, 3.05) is 34.8 Å². The molecule has 2 aromatic carbocycles. The average Bonchev–Trinajstić information content (AvgIpc) is 2.71. The number of benzene rings is 2. The van der Waals surface area contributed by atoms with Crippen LogP contribution in [0.1, 0.15) is 17.2 Å². The molecular weight excluding hydrogens is 378 g/mol. The van der Waals surface area contributed by atoms with Crippen LogP contribution in [-0.2, 0) is 6.54 Å².